The first-order valence-corrected chi connectivity index (χ1v) is 8.54. The van der Waals surface area contributed by atoms with Crippen LogP contribution in [0.2, 0.25) is 0 Å². The van der Waals surface area contributed by atoms with Crippen molar-refractivity contribution < 1.29 is 28.5 Å². The summed E-state index contributed by atoms with van der Waals surface area (Å²) >= 11 is 0. The van der Waals surface area contributed by atoms with Gasteiger partial charge in [0, 0.05) is 35.6 Å². The Labute approximate surface area is 158 Å². The summed E-state index contributed by atoms with van der Waals surface area (Å²) in [6.07, 6.45) is 0. The lowest BCUT2D eigenvalue weighted by molar-refractivity contribution is 0.0471. The SMILES string of the molecule is CCn1c(C)cc(C(=O)COC(=O)c2cc(OC)c(OC)cc2OC)c1C. The number of rotatable bonds is 8. The van der Waals surface area contributed by atoms with Crippen LogP contribution in [0.5, 0.6) is 17.2 Å². The Morgan fingerprint density at radius 3 is 2.00 bits per heavy atom. The van der Waals surface area contributed by atoms with Crippen LogP contribution < -0.4 is 14.2 Å². The number of aromatic nitrogens is 1. The highest BCUT2D eigenvalue weighted by Crippen LogP contribution is 2.35. The number of carbonyl (C=O) groups is 2. The number of hydrogen-bond donors (Lipinski definition) is 0. The lowest BCUT2D eigenvalue weighted by Gasteiger charge is -2.13. The summed E-state index contributed by atoms with van der Waals surface area (Å²) in [5.74, 6) is 0.132. The Kier molecular flexibility index (Phi) is 6.50. The number of methoxy groups -OCH3 is 3. The van der Waals surface area contributed by atoms with E-state index in [-0.39, 0.29) is 23.7 Å². The first-order valence-electron chi connectivity index (χ1n) is 8.54. The van der Waals surface area contributed by atoms with E-state index in [2.05, 4.69) is 0 Å². The summed E-state index contributed by atoms with van der Waals surface area (Å²) < 4.78 is 22.9. The summed E-state index contributed by atoms with van der Waals surface area (Å²) in [5, 5.41) is 0. The molecule has 2 rings (SSSR count). The normalized spacial score (nSPS) is 10.4. The van der Waals surface area contributed by atoms with Crippen molar-refractivity contribution in [3.8, 4) is 17.2 Å². The topological polar surface area (TPSA) is 76.0 Å². The van der Waals surface area contributed by atoms with E-state index in [1.165, 1.54) is 33.5 Å². The number of nitrogens with zero attached hydrogens (tertiary/aromatic N) is 1. The molecule has 0 fully saturated rings. The average Bonchev–Trinajstić information content (AvgIpc) is 2.97. The molecule has 0 amide bonds. The Hall–Kier alpha value is -2.96. The molecule has 0 saturated heterocycles. The molecule has 0 bridgehead atoms. The minimum atomic E-state index is -0.676. The minimum absolute atomic E-state index is 0.155. The van der Waals surface area contributed by atoms with Crippen molar-refractivity contribution in [3.05, 3.63) is 40.7 Å². The molecule has 7 nitrogen and oxygen atoms in total. The van der Waals surface area contributed by atoms with Gasteiger partial charge in [-0.15, -0.1) is 0 Å². The number of esters is 1. The van der Waals surface area contributed by atoms with Gasteiger partial charge in [-0.25, -0.2) is 4.79 Å². The number of aryl methyl sites for hydroxylation is 1. The zero-order chi connectivity index (χ0) is 20.1. The first-order chi connectivity index (χ1) is 12.9. The maximum atomic E-state index is 12.5. The van der Waals surface area contributed by atoms with E-state index in [0.29, 0.717) is 17.1 Å². The third-order valence-electron chi connectivity index (χ3n) is 4.45. The fourth-order valence-corrected chi connectivity index (χ4v) is 3.05. The van der Waals surface area contributed by atoms with E-state index in [0.717, 1.165) is 17.9 Å². The van der Waals surface area contributed by atoms with Crippen molar-refractivity contribution >= 4 is 11.8 Å². The molecule has 0 aliphatic rings. The Morgan fingerprint density at radius 2 is 1.48 bits per heavy atom. The predicted octanol–water partition coefficient (Wildman–Crippen LogP) is 3.19. The number of carbonyl (C=O) groups excluding carboxylic acids is 2. The molecule has 146 valence electrons. The second-order valence-corrected chi connectivity index (χ2v) is 5.94. The lowest BCUT2D eigenvalue weighted by atomic mass is 10.1. The van der Waals surface area contributed by atoms with Gasteiger partial charge in [-0.2, -0.15) is 0 Å². The molecule has 0 aliphatic heterocycles. The number of ketones is 1. The second kappa shape index (κ2) is 8.62. The number of benzene rings is 1. The van der Waals surface area contributed by atoms with Crippen LogP contribution in [0.25, 0.3) is 0 Å². The molecule has 7 heteroatoms. The highest BCUT2D eigenvalue weighted by molar-refractivity contribution is 6.01. The van der Waals surface area contributed by atoms with E-state index in [9.17, 15) is 9.59 Å². The molecule has 0 unspecified atom stereocenters. The van der Waals surface area contributed by atoms with E-state index in [1.807, 2.05) is 31.4 Å². The van der Waals surface area contributed by atoms with Crippen LogP contribution in [0.3, 0.4) is 0 Å². The predicted molar refractivity (Wildman–Crippen MR) is 100 cm³/mol. The molecule has 0 atom stereocenters. The molecule has 0 N–H and O–H groups in total. The summed E-state index contributed by atoms with van der Waals surface area (Å²) in [5.41, 5.74) is 2.56. The van der Waals surface area contributed by atoms with Crippen LogP contribution in [0.4, 0.5) is 0 Å². The summed E-state index contributed by atoms with van der Waals surface area (Å²) in [7, 11) is 4.38. The largest absolute Gasteiger partial charge is 0.496 e. The van der Waals surface area contributed by atoms with Crippen molar-refractivity contribution in [2.24, 2.45) is 0 Å². The van der Waals surface area contributed by atoms with Crippen molar-refractivity contribution in [1.82, 2.24) is 4.57 Å². The maximum absolute atomic E-state index is 12.5. The Bertz CT molecular complexity index is 853. The maximum Gasteiger partial charge on any atom is 0.342 e. The quantitative estimate of drug-likeness (QED) is 0.521. The molecule has 2 aromatic rings. The van der Waals surface area contributed by atoms with Gasteiger partial charge in [0.2, 0.25) is 5.78 Å². The highest BCUT2D eigenvalue weighted by Gasteiger charge is 2.21. The fourth-order valence-electron chi connectivity index (χ4n) is 3.05. The monoisotopic (exact) mass is 375 g/mol. The van der Waals surface area contributed by atoms with E-state index < -0.39 is 5.97 Å². The standard InChI is InChI=1S/C20H25NO6/c1-7-21-12(2)8-14(13(21)3)16(22)11-27-20(23)15-9-18(25-5)19(26-6)10-17(15)24-4/h8-10H,7,11H2,1-6H3. The third kappa shape index (κ3) is 4.07. The van der Waals surface area contributed by atoms with Crippen LogP contribution in [0.1, 0.15) is 39.0 Å². The van der Waals surface area contributed by atoms with Crippen LogP contribution in [0.15, 0.2) is 18.2 Å². The van der Waals surface area contributed by atoms with Gasteiger partial charge in [-0.3, -0.25) is 4.79 Å². The molecule has 1 aromatic carbocycles. The van der Waals surface area contributed by atoms with Gasteiger partial charge in [0.1, 0.15) is 11.3 Å². The Balaban J connectivity index is 2.19. The van der Waals surface area contributed by atoms with Crippen molar-refractivity contribution in [1.29, 1.82) is 0 Å². The smallest absolute Gasteiger partial charge is 0.342 e. The van der Waals surface area contributed by atoms with Crippen molar-refractivity contribution in [3.63, 3.8) is 0 Å². The Morgan fingerprint density at radius 1 is 0.889 bits per heavy atom. The van der Waals surface area contributed by atoms with Crippen molar-refractivity contribution in [2.75, 3.05) is 27.9 Å². The number of ether oxygens (including phenoxy) is 4. The molecule has 1 aromatic heterocycles. The first kappa shape index (κ1) is 20.4. The van der Waals surface area contributed by atoms with Crippen LogP contribution in [0, 0.1) is 13.8 Å². The van der Waals surface area contributed by atoms with Crippen LogP contribution >= 0.6 is 0 Å². The molecule has 0 spiro atoms. The van der Waals surface area contributed by atoms with Gasteiger partial charge in [-0.05, 0) is 26.8 Å². The zero-order valence-corrected chi connectivity index (χ0v) is 16.5. The molecule has 0 saturated carbocycles. The van der Waals surface area contributed by atoms with Gasteiger partial charge in [0.25, 0.3) is 0 Å². The summed E-state index contributed by atoms with van der Waals surface area (Å²) in [6, 6.07) is 4.81. The molecular formula is C20H25NO6. The molecule has 1 heterocycles. The average molecular weight is 375 g/mol. The van der Waals surface area contributed by atoms with Gasteiger partial charge >= 0.3 is 5.97 Å². The fraction of sp³-hybridized carbons (Fsp3) is 0.400. The van der Waals surface area contributed by atoms with E-state index >= 15 is 0 Å². The van der Waals surface area contributed by atoms with E-state index in [1.54, 1.807) is 0 Å². The summed E-state index contributed by atoms with van der Waals surface area (Å²) in [6.45, 7) is 6.24. The summed E-state index contributed by atoms with van der Waals surface area (Å²) in [4.78, 5) is 25.0. The molecule has 0 aliphatic carbocycles. The lowest BCUT2D eigenvalue weighted by Crippen LogP contribution is -2.16. The highest BCUT2D eigenvalue weighted by atomic mass is 16.5. The van der Waals surface area contributed by atoms with E-state index in [4.69, 9.17) is 18.9 Å². The number of hydrogen-bond acceptors (Lipinski definition) is 6. The van der Waals surface area contributed by atoms with Gasteiger partial charge in [0.15, 0.2) is 18.1 Å². The molecule has 0 radical (unpaired) electrons. The van der Waals surface area contributed by atoms with Gasteiger partial charge in [0.05, 0.1) is 21.3 Å². The van der Waals surface area contributed by atoms with Gasteiger partial charge in [-0.1, -0.05) is 0 Å². The molecular weight excluding hydrogens is 350 g/mol. The number of Topliss-reactive ketones (excluding diaryl/α,β-unsaturated/α-hetero) is 1. The van der Waals surface area contributed by atoms with Crippen molar-refractivity contribution in [2.45, 2.75) is 27.3 Å². The minimum Gasteiger partial charge on any atom is -0.496 e. The van der Waals surface area contributed by atoms with Crippen LogP contribution in [-0.2, 0) is 11.3 Å². The zero-order valence-electron chi connectivity index (χ0n) is 16.5. The third-order valence-corrected chi connectivity index (χ3v) is 4.45. The molecule has 27 heavy (non-hydrogen) atoms. The van der Waals surface area contributed by atoms with Gasteiger partial charge < -0.3 is 23.5 Å². The second-order valence-electron chi connectivity index (χ2n) is 5.94. The van der Waals surface area contributed by atoms with Crippen LogP contribution in [-0.4, -0.2) is 44.3 Å².